The lowest BCUT2D eigenvalue weighted by Gasteiger charge is -2.29. The van der Waals surface area contributed by atoms with Crippen molar-refractivity contribution in [1.82, 2.24) is 0 Å². The Balaban J connectivity index is 3.08. The zero-order valence-electron chi connectivity index (χ0n) is 11.0. The van der Waals surface area contributed by atoms with Crippen LogP contribution in [0.5, 0.6) is 0 Å². The fourth-order valence-electron chi connectivity index (χ4n) is 1.92. The van der Waals surface area contributed by atoms with Crippen molar-refractivity contribution >= 4 is 23.7 Å². The Hall–Kier alpha value is -1.47. The third-order valence-electron chi connectivity index (χ3n) is 3.04. The van der Waals surface area contributed by atoms with Crippen molar-refractivity contribution in [3.8, 4) is 6.07 Å². The van der Waals surface area contributed by atoms with E-state index in [1.807, 2.05) is 13.1 Å². The van der Waals surface area contributed by atoms with Gasteiger partial charge in [-0.15, -0.1) is 0 Å². The van der Waals surface area contributed by atoms with Crippen LogP contribution < -0.4 is 4.90 Å². The van der Waals surface area contributed by atoms with Crippen LogP contribution in [0, 0.1) is 11.3 Å². The van der Waals surface area contributed by atoms with E-state index >= 15 is 0 Å². The molecule has 0 heterocycles. The highest BCUT2D eigenvalue weighted by molar-refractivity contribution is 7.98. The molecular weight excluding hydrogens is 244 g/mol. The number of carbonyl (C=O) groups excluding carboxylic acids is 1. The first-order valence-corrected chi connectivity index (χ1v) is 7.28. The van der Waals surface area contributed by atoms with E-state index in [0.717, 1.165) is 24.1 Å². The second-order valence-corrected chi connectivity index (χ2v) is 5.05. The average Bonchev–Trinajstić information content (AvgIpc) is 2.43. The van der Waals surface area contributed by atoms with Crippen molar-refractivity contribution in [3.05, 3.63) is 29.3 Å². The maximum Gasteiger partial charge on any atom is 0.150 e. The number of carbonyl (C=O) groups is 1. The molecule has 0 saturated heterocycles. The maximum absolute atomic E-state index is 10.7. The topological polar surface area (TPSA) is 44.1 Å². The fourth-order valence-corrected chi connectivity index (χ4v) is 2.76. The molecule has 1 unspecified atom stereocenters. The first-order valence-electron chi connectivity index (χ1n) is 5.89. The van der Waals surface area contributed by atoms with E-state index in [0.29, 0.717) is 17.2 Å². The fraction of sp³-hybridized carbons (Fsp3) is 0.429. The molecule has 0 saturated carbocycles. The summed E-state index contributed by atoms with van der Waals surface area (Å²) in [6.45, 7) is 2.14. The molecule has 1 rings (SSSR count). The van der Waals surface area contributed by atoms with Gasteiger partial charge in [-0.1, -0.05) is 6.92 Å². The van der Waals surface area contributed by atoms with Crippen molar-refractivity contribution in [1.29, 1.82) is 5.26 Å². The van der Waals surface area contributed by atoms with Gasteiger partial charge in [0.15, 0.2) is 0 Å². The van der Waals surface area contributed by atoms with Crippen LogP contribution in [-0.4, -0.2) is 31.4 Å². The molecule has 1 atom stereocenters. The normalized spacial score (nSPS) is 11.7. The van der Waals surface area contributed by atoms with Crippen LogP contribution in [0.1, 0.15) is 29.3 Å². The number of thioether (sulfide) groups is 1. The number of rotatable bonds is 6. The van der Waals surface area contributed by atoms with Gasteiger partial charge in [-0.05, 0) is 30.9 Å². The molecular formula is C14H18N2OS. The SMILES string of the molecule is CCC(CSC)N(C)c1ccc(C=O)cc1C#N. The molecule has 0 aliphatic carbocycles. The Morgan fingerprint density at radius 3 is 2.78 bits per heavy atom. The zero-order chi connectivity index (χ0) is 13.5. The molecule has 4 heteroatoms. The Bertz CT molecular complexity index is 454. The maximum atomic E-state index is 10.7. The third kappa shape index (κ3) is 3.27. The monoisotopic (exact) mass is 262 g/mol. The molecule has 1 aromatic rings. The van der Waals surface area contributed by atoms with E-state index in [-0.39, 0.29) is 0 Å². The summed E-state index contributed by atoms with van der Waals surface area (Å²) in [5.74, 6) is 1.02. The molecule has 0 radical (unpaired) electrons. The minimum Gasteiger partial charge on any atom is -0.370 e. The number of anilines is 1. The summed E-state index contributed by atoms with van der Waals surface area (Å²) >= 11 is 1.80. The minimum absolute atomic E-state index is 0.397. The molecule has 1 aromatic carbocycles. The van der Waals surface area contributed by atoms with E-state index in [4.69, 9.17) is 0 Å². The van der Waals surface area contributed by atoms with E-state index in [2.05, 4.69) is 24.1 Å². The van der Waals surface area contributed by atoms with Gasteiger partial charge in [0.1, 0.15) is 12.4 Å². The number of nitrogens with zero attached hydrogens (tertiary/aromatic N) is 2. The molecule has 0 spiro atoms. The quantitative estimate of drug-likeness (QED) is 0.739. The first kappa shape index (κ1) is 14.6. The van der Waals surface area contributed by atoms with Gasteiger partial charge in [0.2, 0.25) is 0 Å². The van der Waals surface area contributed by atoms with Gasteiger partial charge in [0.25, 0.3) is 0 Å². The molecule has 0 N–H and O–H groups in total. The highest BCUT2D eigenvalue weighted by atomic mass is 32.2. The van der Waals surface area contributed by atoms with Gasteiger partial charge in [-0.25, -0.2) is 0 Å². The molecule has 0 bridgehead atoms. The van der Waals surface area contributed by atoms with Crippen molar-refractivity contribution in [2.75, 3.05) is 24.0 Å². The van der Waals surface area contributed by atoms with Crippen LogP contribution in [0.2, 0.25) is 0 Å². The number of hydrogen-bond acceptors (Lipinski definition) is 4. The number of hydrogen-bond donors (Lipinski definition) is 0. The number of nitriles is 1. The molecule has 0 aromatic heterocycles. The summed E-state index contributed by atoms with van der Waals surface area (Å²) in [5, 5.41) is 9.17. The van der Waals surface area contributed by atoms with Crippen LogP contribution in [0.3, 0.4) is 0 Å². The van der Waals surface area contributed by atoms with E-state index in [1.54, 1.807) is 23.9 Å². The van der Waals surface area contributed by atoms with Crippen LogP contribution in [0.25, 0.3) is 0 Å². The summed E-state index contributed by atoms with van der Waals surface area (Å²) < 4.78 is 0. The molecule has 3 nitrogen and oxygen atoms in total. The highest BCUT2D eigenvalue weighted by Gasteiger charge is 2.16. The van der Waals surface area contributed by atoms with Gasteiger partial charge in [0.05, 0.1) is 11.3 Å². The number of aldehydes is 1. The smallest absolute Gasteiger partial charge is 0.150 e. The molecule has 18 heavy (non-hydrogen) atoms. The van der Waals surface area contributed by atoms with Crippen molar-refractivity contribution in [2.45, 2.75) is 19.4 Å². The minimum atomic E-state index is 0.397. The summed E-state index contributed by atoms with van der Waals surface area (Å²) in [6, 6.07) is 7.81. The average molecular weight is 262 g/mol. The van der Waals surface area contributed by atoms with Crippen LogP contribution in [0.15, 0.2) is 18.2 Å². The first-order chi connectivity index (χ1) is 8.67. The Morgan fingerprint density at radius 2 is 2.28 bits per heavy atom. The largest absolute Gasteiger partial charge is 0.370 e. The van der Waals surface area contributed by atoms with Crippen LogP contribution >= 0.6 is 11.8 Å². The Kier molecular flexibility index (Phi) is 5.73. The lowest BCUT2D eigenvalue weighted by atomic mass is 10.1. The zero-order valence-corrected chi connectivity index (χ0v) is 11.8. The molecule has 0 amide bonds. The Morgan fingerprint density at radius 1 is 1.56 bits per heavy atom. The van der Waals surface area contributed by atoms with Gasteiger partial charge in [-0.2, -0.15) is 17.0 Å². The molecule has 96 valence electrons. The molecule has 0 aliphatic rings. The Labute approximate surface area is 113 Å². The second kappa shape index (κ2) is 7.07. The van der Waals surface area contributed by atoms with E-state index in [9.17, 15) is 10.1 Å². The van der Waals surface area contributed by atoms with E-state index < -0.39 is 0 Å². The summed E-state index contributed by atoms with van der Waals surface area (Å²) in [5.41, 5.74) is 1.99. The number of benzene rings is 1. The predicted molar refractivity (Wildman–Crippen MR) is 77.4 cm³/mol. The molecule has 0 aliphatic heterocycles. The summed E-state index contributed by atoms with van der Waals surface area (Å²) in [4.78, 5) is 12.9. The van der Waals surface area contributed by atoms with Crippen molar-refractivity contribution in [3.63, 3.8) is 0 Å². The van der Waals surface area contributed by atoms with E-state index in [1.165, 1.54) is 0 Å². The van der Waals surface area contributed by atoms with Gasteiger partial charge in [0, 0.05) is 24.4 Å². The van der Waals surface area contributed by atoms with Gasteiger partial charge >= 0.3 is 0 Å². The lowest BCUT2D eigenvalue weighted by Crippen LogP contribution is -2.33. The summed E-state index contributed by atoms with van der Waals surface area (Å²) in [7, 11) is 2.00. The van der Waals surface area contributed by atoms with Gasteiger partial charge in [-0.3, -0.25) is 4.79 Å². The van der Waals surface area contributed by atoms with Crippen molar-refractivity contribution < 1.29 is 4.79 Å². The van der Waals surface area contributed by atoms with Crippen LogP contribution in [-0.2, 0) is 0 Å². The highest BCUT2D eigenvalue weighted by Crippen LogP contribution is 2.23. The van der Waals surface area contributed by atoms with Gasteiger partial charge < -0.3 is 4.90 Å². The van der Waals surface area contributed by atoms with Crippen molar-refractivity contribution in [2.24, 2.45) is 0 Å². The summed E-state index contributed by atoms with van der Waals surface area (Å²) in [6.07, 6.45) is 3.87. The lowest BCUT2D eigenvalue weighted by molar-refractivity contribution is 0.112. The third-order valence-corrected chi connectivity index (χ3v) is 3.75. The standard InChI is InChI=1S/C14H18N2OS/c1-4-13(10-18-3)16(2)14-6-5-11(9-17)7-12(14)8-15/h5-7,9,13H,4,10H2,1-3H3. The second-order valence-electron chi connectivity index (χ2n) is 4.13. The predicted octanol–water partition coefficient (Wildman–Crippen LogP) is 2.95. The molecule has 0 fully saturated rings. The van der Waals surface area contributed by atoms with Crippen LogP contribution in [0.4, 0.5) is 5.69 Å².